The van der Waals surface area contributed by atoms with Crippen LogP contribution in [0.4, 0.5) is 0 Å². The first-order chi connectivity index (χ1) is 4.67. The van der Waals surface area contributed by atoms with Crippen LogP contribution in [0.5, 0.6) is 0 Å². The average Bonchev–Trinajstić information content (AvgIpc) is 2.38. The van der Waals surface area contributed by atoms with Gasteiger partial charge in [0.15, 0.2) is 0 Å². The molecule has 0 atom stereocenters. The molecule has 1 rings (SSSR count). The molecule has 1 aromatic heterocycles. The van der Waals surface area contributed by atoms with Gasteiger partial charge in [-0.15, -0.1) is 6.42 Å². The molecule has 0 saturated carbocycles. The van der Waals surface area contributed by atoms with Gasteiger partial charge in [0, 0.05) is 6.20 Å². The maximum absolute atomic E-state index is 5.30. The summed E-state index contributed by atoms with van der Waals surface area (Å²) < 4.78 is 0. The summed E-state index contributed by atoms with van der Waals surface area (Å²) in [5.41, 5.74) is 0.756. The van der Waals surface area contributed by atoms with Gasteiger partial charge in [-0.25, -0.2) is 0 Å². The van der Waals surface area contributed by atoms with Crippen LogP contribution in [0.25, 0.3) is 0 Å². The largest absolute Gasteiger partial charge is 0.281 e. The highest BCUT2D eigenvalue weighted by molar-refractivity contribution is 5.23. The van der Waals surface area contributed by atoms with E-state index >= 15 is 0 Å². The highest BCUT2D eigenvalue weighted by atomic mass is 15.1. The van der Waals surface area contributed by atoms with Crippen molar-refractivity contribution in [3.63, 3.8) is 0 Å². The van der Waals surface area contributed by atoms with Gasteiger partial charge in [-0.05, 0) is 19.9 Å². The molecule has 1 heterocycles. The lowest BCUT2D eigenvalue weighted by Crippen LogP contribution is -2.14. The Labute approximate surface area is 60.7 Å². The van der Waals surface area contributed by atoms with E-state index in [2.05, 4.69) is 16.1 Å². The van der Waals surface area contributed by atoms with Crippen molar-refractivity contribution < 1.29 is 0 Å². The van der Waals surface area contributed by atoms with Crippen molar-refractivity contribution in [2.75, 3.05) is 0 Å². The molecule has 0 unspecified atom stereocenters. The highest BCUT2D eigenvalue weighted by Gasteiger charge is 2.17. The van der Waals surface area contributed by atoms with E-state index in [4.69, 9.17) is 6.42 Å². The molecule has 52 valence electrons. The standard InChI is InChI=1S/C8H10N2/c1-4-8(2,3)7-5-6-9-10-7/h1,5-6H,2-3H3,(H,9,10). The molecule has 0 radical (unpaired) electrons. The fourth-order valence-corrected chi connectivity index (χ4v) is 0.682. The number of rotatable bonds is 1. The van der Waals surface area contributed by atoms with Gasteiger partial charge in [0.25, 0.3) is 0 Å². The van der Waals surface area contributed by atoms with Crippen molar-refractivity contribution in [3.8, 4) is 12.3 Å². The van der Waals surface area contributed by atoms with E-state index in [-0.39, 0.29) is 5.41 Å². The quantitative estimate of drug-likeness (QED) is 0.576. The minimum atomic E-state index is -0.226. The molecule has 1 N–H and O–H groups in total. The number of nitrogens with zero attached hydrogens (tertiary/aromatic N) is 1. The number of aromatic nitrogens is 2. The molecule has 0 aliphatic rings. The molecular weight excluding hydrogens is 124 g/mol. The molecule has 1 aromatic rings. The normalized spacial score (nSPS) is 10.9. The molecule has 10 heavy (non-hydrogen) atoms. The molecule has 0 aromatic carbocycles. The van der Waals surface area contributed by atoms with Crippen LogP contribution in [-0.2, 0) is 5.41 Å². The Hall–Kier alpha value is -1.23. The van der Waals surface area contributed by atoms with Crippen molar-refractivity contribution in [3.05, 3.63) is 18.0 Å². The van der Waals surface area contributed by atoms with Gasteiger partial charge < -0.3 is 0 Å². The van der Waals surface area contributed by atoms with Crippen molar-refractivity contribution in [2.24, 2.45) is 0 Å². The van der Waals surface area contributed by atoms with E-state index in [1.807, 2.05) is 19.9 Å². The zero-order valence-electron chi connectivity index (χ0n) is 6.18. The van der Waals surface area contributed by atoms with Crippen LogP contribution in [0.15, 0.2) is 12.3 Å². The molecule has 0 aliphatic carbocycles. The fourth-order valence-electron chi connectivity index (χ4n) is 0.682. The minimum Gasteiger partial charge on any atom is -0.281 e. The molecule has 0 aliphatic heterocycles. The Kier molecular flexibility index (Phi) is 1.50. The van der Waals surface area contributed by atoms with Gasteiger partial charge in [0.2, 0.25) is 0 Å². The van der Waals surface area contributed by atoms with Crippen molar-refractivity contribution in [1.82, 2.24) is 10.2 Å². The number of nitrogens with one attached hydrogen (secondary N) is 1. The van der Waals surface area contributed by atoms with E-state index in [0.717, 1.165) is 5.69 Å². The molecule has 0 bridgehead atoms. The Morgan fingerprint density at radius 3 is 2.80 bits per heavy atom. The van der Waals surface area contributed by atoms with Gasteiger partial charge in [-0.3, -0.25) is 5.10 Å². The Bertz CT molecular complexity index is 239. The first-order valence-corrected chi connectivity index (χ1v) is 3.14. The van der Waals surface area contributed by atoms with Crippen molar-refractivity contribution in [1.29, 1.82) is 0 Å². The molecule has 0 fully saturated rings. The minimum absolute atomic E-state index is 0.226. The summed E-state index contributed by atoms with van der Waals surface area (Å²) >= 11 is 0. The summed E-state index contributed by atoms with van der Waals surface area (Å²) in [6.07, 6.45) is 7.00. The number of hydrogen-bond acceptors (Lipinski definition) is 1. The van der Waals surface area contributed by atoms with Crippen molar-refractivity contribution in [2.45, 2.75) is 19.3 Å². The Morgan fingerprint density at radius 1 is 1.70 bits per heavy atom. The molecule has 0 amide bonds. The van der Waals surface area contributed by atoms with E-state index < -0.39 is 0 Å². The van der Waals surface area contributed by atoms with Gasteiger partial charge in [0.1, 0.15) is 0 Å². The lowest BCUT2D eigenvalue weighted by Gasteiger charge is -2.13. The molecule has 2 nitrogen and oxygen atoms in total. The van der Waals surface area contributed by atoms with Crippen LogP contribution in [0.3, 0.4) is 0 Å². The van der Waals surface area contributed by atoms with Crippen LogP contribution in [0.2, 0.25) is 0 Å². The zero-order valence-corrected chi connectivity index (χ0v) is 6.18. The third-order valence-corrected chi connectivity index (χ3v) is 1.53. The summed E-state index contributed by atoms with van der Waals surface area (Å²) in [4.78, 5) is 0. The van der Waals surface area contributed by atoms with Gasteiger partial charge in [-0.1, -0.05) is 5.92 Å². The predicted molar refractivity (Wildman–Crippen MR) is 40.4 cm³/mol. The second-order valence-electron chi connectivity index (χ2n) is 2.74. The third kappa shape index (κ3) is 1.03. The highest BCUT2D eigenvalue weighted by Crippen LogP contribution is 2.18. The monoisotopic (exact) mass is 134 g/mol. The molecule has 0 spiro atoms. The van der Waals surface area contributed by atoms with Crippen molar-refractivity contribution >= 4 is 0 Å². The van der Waals surface area contributed by atoms with Gasteiger partial charge in [0.05, 0.1) is 11.1 Å². The second kappa shape index (κ2) is 2.18. The summed E-state index contributed by atoms with van der Waals surface area (Å²) in [5.74, 6) is 2.67. The third-order valence-electron chi connectivity index (χ3n) is 1.53. The Morgan fingerprint density at radius 2 is 2.40 bits per heavy atom. The summed E-state index contributed by atoms with van der Waals surface area (Å²) in [7, 11) is 0. The SMILES string of the molecule is C#CC(C)(C)c1ccn[nH]1. The predicted octanol–water partition coefficient (Wildman–Crippen LogP) is 1.32. The van der Waals surface area contributed by atoms with E-state index in [1.54, 1.807) is 6.20 Å². The molecule has 0 saturated heterocycles. The fraction of sp³-hybridized carbons (Fsp3) is 0.375. The maximum atomic E-state index is 5.30. The summed E-state index contributed by atoms with van der Waals surface area (Å²) in [6, 6.07) is 1.89. The average molecular weight is 134 g/mol. The lowest BCUT2D eigenvalue weighted by atomic mass is 9.91. The number of terminal acetylenes is 1. The van der Waals surface area contributed by atoms with Crippen LogP contribution in [0.1, 0.15) is 19.5 Å². The van der Waals surface area contributed by atoms with Crippen LogP contribution < -0.4 is 0 Å². The van der Waals surface area contributed by atoms with E-state index in [0.29, 0.717) is 0 Å². The van der Waals surface area contributed by atoms with Crippen LogP contribution in [0, 0.1) is 12.3 Å². The number of hydrogen-bond donors (Lipinski definition) is 1. The first-order valence-electron chi connectivity index (χ1n) is 3.14. The topological polar surface area (TPSA) is 28.7 Å². The van der Waals surface area contributed by atoms with Crippen LogP contribution in [-0.4, -0.2) is 10.2 Å². The van der Waals surface area contributed by atoms with Crippen LogP contribution >= 0.6 is 0 Å². The number of aromatic amines is 1. The Balaban J connectivity index is 2.99. The first kappa shape index (κ1) is 6.88. The smallest absolute Gasteiger partial charge is 0.0670 e. The van der Waals surface area contributed by atoms with E-state index in [9.17, 15) is 0 Å². The van der Waals surface area contributed by atoms with Gasteiger partial charge in [-0.2, -0.15) is 5.10 Å². The number of H-pyrrole nitrogens is 1. The zero-order chi connectivity index (χ0) is 7.61. The molecule has 2 heteroatoms. The lowest BCUT2D eigenvalue weighted by molar-refractivity contribution is 0.666. The molecular formula is C8H10N2. The summed E-state index contributed by atoms with van der Waals surface area (Å²) in [6.45, 7) is 3.95. The maximum Gasteiger partial charge on any atom is 0.0670 e. The van der Waals surface area contributed by atoms with Gasteiger partial charge >= 0.3 is 0 Å². The van der Waals surface area contributed by atoms with E-state index in [1.165, 1.54) is 0 Å². The second-order valence-corrected chi connectivity index (χ2v) is 2.74. The summed E-state index contributed by atoms with van der Waals surface area (Å²) in [5, 5.41) is 6.65.